The van der Waals surface area contributed by atoms with E-state index >= 15 is 0 Å². The predicted molar refractivity (Wildman–Crippen MR) is 129 cm³/mol. The minimum atomic E-state index is 0.187. The summed E-state index contributed by atoms with van der Waals surface area (Å²) < 4.78 is 3.67. The van der Waals surface area contributed by atoms with Gasteiger partial charge in [-0.15, -0.1) is 0 Å². The second-order valence-electron chi connectivity index (χ2n) is 7.15. The minimum absolute atomic E-state index is 0.187. The van der Waals surface area contributed by atoms with Gasteiger partial charge in [0.05, 0.1) is 0 Å². The lowest BCUT2D eigenvalue weighted by Crippen LogP contribution is -2.10. The highest BCUT2D eigenvalue weighted by Crippen LogP contribution is 2.35. The fourth-order valence-corrected chi connectivity index (χ4v) is 5.45. The van der Waals surface area contributed by atoms with Gasteiger partial charge in [0, 0.05) is 17.2 Å². The molecule has 0 heterocycles. The molecule has 0 nitrogen and oxygen atoms in total. The molecule has 0 radical (unpaired) electrons. The second-order valence-corrected chi connectivity index (χ2v) is 10.4. The number of benzene rings is 3. The van der Waals surface area contributed by atoms with Crippen LogP contribution in [0.25, 0.3) is 22.3 Å². The van der Waals surface area contributed by atoms with Crippen LogP contribution < -0.4 is 0 Å². The fraction of sp³-hybridized carbons (Fsp3) is 0.182. The SMILES string of the molecule is CC(C)(C)c1ccc(-c2cc(I)c(-c3ccc(Br)cc3)c(I)c2)cc1. The van der Waals surface area contributed by atoms with E-state index in [-0.39, 0.29) is 5.41 Å². The first-order chi connectivity index (χ1) is 11.8. The highest BCUT2D eigenvalue weighted by molar-refractivity contribution is 14.1. The topological polar surface area (TPSA) is 0 Å². The predicted octanol–water partition coefficient (Wildman–Crippen LogP) is 8.29. The standard InChI is InChI=1S/C22H19BrI2/c1-22(2,3)17-8-4-14(5-9-17)16-12-19(24)21(20(25)13-16)15-6-10-18(23)11-7-15/h4-13H,1-3H3. The zero-order chi connectivity index (χ0) is 18.2. The molecule has 0 aromatic heterocycles. The number of rotatable bonds is 2. The Balaban J connectivity index is 2.01. The van der Waals surface area contributed by atoms with Crippen molar-refractivity contribution in [2.75, 3.05) is 0 Å². The molecular formula is C22H19BrI2. The molecule has 0 unspecified atom stereocenters. The van der Waals surface area contributed by atoms with Gasteiger partial charge in [-0.05, 0) is 97.1 Å². The van der Waals surface area contributed by atoms with Gasteiger partial charge in [0.2, 0.25) is 0 Å². The molecule has 25 heavy (non-hydrogen) atoms. The average Bonchev–Trinajstić information content (AvgIpc) is 2.55. The van der Waals surface area contributed by atoms with Crippen molar-refractivity contribution >= 4 is 61.1 Å². The second kappa shape index (κ2) is 7.69. The third-order valence-corrected chi connectivity index (χ3v) is 6.49. The van der Waals surface area contributed by atoms with Crippen molar-refractivity contribution < 1.29 is 0 Å². The van der Waals surface area contributed by atoms with Crippen LogP contribution in [0.15, 0.2) is 65.1 Å². The van der Waals surface area contributed by atoms with E-state index < -0.39 is 0 Å². The Morgan fingerprint density at radius 3 is 1.64 bits per heavy atom. The molecule has 3 aromatic carbocycles. The van der Waals surface area contributed by atoms with E-state index in [2.05, 4.69) is 143 Å². The third-order valence-electron chi connectivity index (χ3n) is 4.26. The molecule has 0 spiro atoms. The van der Waals surface area contributed by atoms with Crippen molar-refractivity contribution in [1.29, 1.82) is 0 Å². The van der Waals surface area contributed by atoms with Crippen LogP contribution in [0, 0.1) is 7.14 Å². The monoisotopic (exact) mass is 616 g/mol. The van der Waals surface area contributed by atoms with E-state index in [0.29, 0.717) is 0 Å². The van der Waals surface area contributed by atoms with Crippen LogP contribution in [0.2, 0.25) is 0 Å². The maximum Gasteiger partial charge on any atom is 0.0225 e. The van der Waals surface area contributed by atoms with E-state index in [1.165, 1.54) is 35.0 Å². The average molecular weight is 617 g/mol. The molecule has 0 N–H and O–H groups in total. The summed E-state index contributed by atoms with van der Waals surface area (Å²) in [6.07, 6.45) is 0. The van der Waals surface area contributed by atoms with E-state index in [1.54, 1.807) is 0 Å². The van der Waals surface area contributed by atoms with Crippen LogP contribution in [0.5, 0.6) is 0 Å². The molecule has 0 bridgehead atoms. The zero-order valence-corrected chi connectivity index (χ0v) is 20.3. The highest BCUT2D eigenvalue weighted by Gasteiger charge is 2.14. The molecule has 0 amide bonds. The Morgan fingerprint density at radius 1 is 0.680 bits per heavy atom. The van der Waals surface area contributed by atoms with Gasteiger partial charge in [-0.25, -0.2) is 0 Å². The molecule has 3 heteroatoms. The first-order valence-corrected chi connectivity index (χ1v) is 11.1. The lowest BCUT2D eigenvalue weighted by Gasteiger charge is -2.19. The van der Waals surface area contributed by atoms with Crippen LogP contribution in [0.3, 0.4) is 0 Å². The van der Waals surface area contributed by atoms with E-state index in [1.807, 2.05) is 0 Å². The van der Waals surface area contributed by atoms with Gasteiger partial charge in [0.1, 0.15) is 0 Å². The molecule has 0 saturated carbocycles. The molecule has 128 valence electrons. The summed E-state index contributed by atoms with van der Waals surface area (Å²) in [5.41, 5.74) is 6.66. The molecular weight excluding hydrogens is 598 g/mol. The van der Waals surface area contributed by atoms with Crippen LogP contribution in [-0.4, -0.2) is 0 Å². The lowest BCUT2D eigenvalue weighted by molar-refractivity contribution is 0.590. The van der Waals surface area contributed by atoms with E-state index in [9.17, 15) is 0 Å². The zero-order valence-electron chi connectivity index (χ0n) is 14.4. The normalized spacial score (nSPS) is 11.6. The number of hydrogen-bond donors (Lipinski definition) is 0. The molecule has 3 rings (SSSR count). The van der Waals surface area contributed by atoms with Gasteiger partial charge in [0.25, 0.3) is 0 Å². The summed E-state index contributed by atoms with van der Waals surface area (Å²) >= 11 is 8.42. The van der Waals surface area contributed by atoms with Gasteiger partial charge in [-0.3, -0.25) is 0 Å². The molecule has 0 saturated heterocycles. The summed E-state index contributed by atoms with van der Waals surface area (Å²) in [4.78, 5) is 0. The van der Waals surface area contributed by atoms with Crippen molar-refractivity contribution in [3.8, 4) is 22.3 Å². The first-order valence-electron chi connectivity index (χ1n) is 8.11. The lowest BCUT2D eigenvalue weighted by atomic mass is 9.86. The highest BCUT2D eigenvalue weighted by atomic mass is 127. The molecule has 0 fully saturated rings. The molecule has 0 aliphatic heterocycles. The van der Waals surface area contributed by atoms with Gasteiger partial charge >= 0.3 is 0 Å². The van der Waals surface area contributed by atoms with Gasteiger partial charge < -0.3 is 0 Å². The minimum Gasteiger partial charge on any atom is -0.0579 e. The molecule has 3 aromatic rings. The van der Waals surface area contributed by atoms with Crippen LogP contribution in [-0.2, 0) is 5.41 Å². The summed E-state index contributed by atoms with van der Waals surface area (Å²) in [6.45, 7) is 6.75. The molecule has 0 aliphatic carbocycles. The van der Waals surface area contributed by atoms with E-state index in [4.69, 9.17) is 0 Å². The van der Waals surface area contributed by atoms with Crippen LogP contribution in [0.4, 0.5) is 0 Å². The smallest absolute Gasteiger partial charge is 0.0225 e. The van der Waals surface area contributed by atoms with Crippen molar-refractivity contribution in [3.05, 3.63) is 77.8 Å². The Hall–Kier alpha value is -0.400. The van der Waals surface area contributed by atoms with Crippen molar-refractivity contribution in [3.63, 3.8) is 0 Å². The third kappa shape index (κ3) is 4.48. The Labute approximate surface area is 185 Å². The van der Waals surface area contributed by atoms with Crippen molar-refractivity contribution in [1.82, 2.24) is 0 Å². The quantitative estimate of drug-likeness (QED) is 0.254. The Bertz CT molecular complexity index is 866. The fourth-order valence-electron chi connectivity index (χ4n) is 2.79. The van der Waals surface area contributed by atoms with Gasteiger partial charge in [-0.1, -0.05) is 73.1 Å². The van der Waals surface area contributed by atoms with Gasteiger partial charge in [0.15, 0.2) is 0 Å². The molecule has 0 atom stereocenters. The number of halogens is 3. The van der Waals surface area contributed by atoms with Crippen molar-refractivity contribution in [2.45, 2.75) is 26.2 Å². The van der Waals surface area contributed by atoms with Gasteiger partial charge in [-0.2, -0.15) is 0 Å². The van der Waals surface area contributed by atoms with E-state index in [0.717, 1.165) is 4.47 Å². The maximum absolute atomic E-state index is 3.51. The summed E-state index contributed by atoms with van der Waals surface area (Å²) in [5, 5.41) is 0. The largest absolute Gasteiger partial charge is 0.0579 e. The Kier molecular flexibility index (Phi) is 5.95. The van der Waals surface area contributed by atoms with Crippen LogP contribution >= 0.6 is 61.1 Å². The number of hydrogen-bond acceptors (Lipinski definition) is 0. The summed E-state index contributed by atoms with van der Waals surface area (Å²) in [5.74, 6) is 0. The van der Waals surface area contributed by atoms with Crippen molar-refractivity contribution in [2.24, 2.45) is 0 Å². The molecule has 0 aliphatic rings. The summed E-state index contributed by atoms with van der Waals surface area (Å²) in [7, 11) is 0. The first kappa shape index (κ1) is 19.4. The summed E-state index contributed by atoms with van der Waals surface area (Å²) in [6, 6.07) is 22.1. The maximum atomic E-state index is 3.51. The Morgan fingerprint density at radius 2 is 1.16 bits per heavy atom. The van der Waals surface area contributed by atoms with Crippen LogP contribution in [0.1, 0.15) is 26.3 Å².